The van der Waals surface area contributed by atoms with Crippen LogP contribution in [0.2, 0.25) is 0 Å². The van der Waals surface area contributed by atoms with E-state index in [0.717, 1.165) is 12.5 Å². The fourth-order valence-electron chi connectivity index (χ4n) is 4.40. The zero-order valence-electron chi connectivity index (χ0n) is 21.6. The molecule has 1 aromatic carbocycles. The van der Waals surface area contributed by atoms with Crippen LogP contribution in [0, 0.1) is 11.8 Å². The summed E-state index contributed by atoms with van der Waals surface area (Å²) >= 11 is 0. The normalized spacial score (nSPS) is 15.8. The van der Waals surface area contributed by atoms with E-state index in [4.69, 9.17) is 4.74 Å². The molecule has 204 valence electrons. The van der Waals surface area contributed by atoms with E-state index in [-0.39, 0.29) is 29.7 Å². The molecule has 0 radical (unpaired) electrons. The Kier molecular flexibility index (Phi) is 8.50. The number of methoxy groups -OCH3 is 1. The van der Waals surface area contributed by atoms with Crippen LogP contribution in [0.4, 0.5) is 29.6 Å². The van der Waals surface area contributed by atoms with Crippen LogP contribution < -0.4 is 10.6 Å². The lowest BCUT2D eigenvalue weighted by Crippen LogP contribution is -2.38. The third kappa shape index (κ3) is 6.80. The maximum atomic E-state index is 14.0. The Morgan fingerprint density at radius 1 is 1.26 bits per heavy atom. The van der Waals surface area contributed by atoms with Crippen LogP contribution in [0.1, 0.15) is 31.4 Å². The average Bonchev–Trinajstić information content (AvgIpc) is 3.56. The Hall–Kier alpha value is -3.67. The molecule has 3 heterocycles. The number of amides is 2. The Morgan fingerprint density at radius 3 is 2.79 bits per heavy atom. The second-order valence-corrected chi connectivity index (χ2v) is 9.64. The molecule has 1 aliphatic heterocycles. The van der Waals surface area contributed by atoms with Gasteiger partial charge in [0.15, 0.2) is 0 Å². The average molecular weight is 532 g/mol. The standard InChI is InChI=1S/C26H32F3N7O2/c1-17(2)20-7-9-35(15-20)25(37)31-13-19-5-4-18(12-22(19)26(27,28)29)23-6-8-30-24(34-23)33-21-14-32-36(16-21)10-11-38-3/h4-6,8,12,14,16-17,20H,7,9-11,13,15H2,1-3H3,(H,31,37)(H,30,33,34). The lowest BCUT2D eigenvalue weighted by molar-refractivity contribution is -0.138. The highest BCUT2D eigenvalue weighted by molar-refractivity contribution is 5.74. The molecule has 0 saturated carbocycles. The monoisotopic (exact) mass is 531 g/mol. The molecule has 2 aromatic heterocycles. The van der Waals surface area contributed by atoms with E-state index in [1.165, 1.54) is 12.3 Å². The Balaban J connectivity index is 1.47. The van der Waals surface area contributed by atoms with E-state index in [9.17, 15) is 18.0 Å². The molecular formula is C26H32F3N7O2. The van der Waals surface area contributed by atoms with E-state index >= 15 is 0 Å². The minimum absolute atomic E-state index is 0.00918. The summed E-state index contributed by atoms with van der Waals surface area (Å²) in [7, 11) is 1.60. The Labute approximate surface area is 219 Å². The van der Waals surface area contributed by atoms with E-state index in [1.807, 2.05) is 0 Å². The van der Waals surface area contributed by atoms with Crippen LogP contribution in [0.3, 0.4) is 0 Å². The number of carbonyl (C=O) groups is 1. The first-order valence-corrected chi connectivity index (χ1v) is 12.5. The summed E-state index contributed by atoms with van der Waals surface area (Å²) in [6.07, 6.45) is 1.13. The number of carbonyl (C=O) groups excluding carboxylic acids is 1. The van der Waals surface area contributed by atoms with Gasteiger partial charge in [-0.1, -0.05) is 26.0 Å². The predicted octanol–water partition coefficient (Wildman–Crippen LogP) is 4.94. The maximum Gasteiger partial charge on any atom is 0.416 e. The lowest BCUT2D eigenvalue weighted by atomic mass is 9.95. The van der Waals surface area contributed by atoms with Crippen LogP contribution in [-0.2, 0) is 24.0 Å². The topological polar surface area (TPSA) is 97.2 Å². The summed E-state index contributed by atoms with van der Waals surface area (Å²) in [4.78, 5) is 22.8. The maximum absolute atomic E-state index is 14.0. The summed E-state index contributed by atoms with van der Waals surface area (Å²) < 4.78 is 48.7. The van der Waals surface area contributed by atoms with Crippen molar-refractivity contribution in [1.82, 2.24) is 30.0 Å². The predicted molar refractivity (Wildman–Crippen MR) is 137 cm³/mol. The first-order valence-electron chi connectivity index (χ1n) is 12.5. The van der Waals surface area contributed by atoms with Gasteiger partial charge in [0.25, 0.3) is 0 Å². The summed E-state index contributed by atoms with van der Waals surface area (Å²) in [6, 6.07) is 5.20. The minimum Gasteiger partial charge on any atom is -0.383 e. The van der Waals surface area contributed by atoms with Gasteiger partial charge in [-0.3, -0.25) is 4.68 Å². The molecule has 0 spiro atoms. The van der Waals surface area contributed by atoms with Crippen LogP contribution in [0.5, 0.6) is 0 Å². The Morgan fingerprint density at radius 2 is 2.08 bits per heavy atom. The summed E-state index contributed by atoms with van der Waals surface area (Å²) in [5.74, 6) is 1.09. The molecule has 1 aliphatic rings. The first-order chi connectivity index (χ1) is 18.1. The molecule has 2 amide bonds. The minimum atomic E-state index is -4.60. The van der Waals surface area contributed by atoms with Crippen LogP contribution in [-0.4, -0.2) is 57.5 Å². The number of rotatable bonds is 9. The van der Waals surface area contributed by atoms with Crippen molar-refractivity contribution < 1.29 is 22.7 Å². The van der Waals surface area contributed by atoms with Gasteiger partial charge in [0.05, 0.1) is 36.3 Å². The van der Waals surface area contributed by atoms with Crippen molar-refractivity contribution in [2.45, 2.75) is 39.5 Å². The zero-order chi connectivity index (χ0) is 27.3. The van der Waals surface area contributed by atoms with Gasteiger partial charge in [-0.25, -0.2) is 14.8 Å². The molecule has 3 aromatic rings. The highest BCUT2D eigenvalue weighted by Crippen LogP contribution is 2.35. The molecule has 1 fully saturated rings. The molecule has 1 saturated heterocycles. The highest BCUT2D eigenvalue weighted by atomic mass is 19.4. The quantitative estimate of drug-likeness (QED) is 0.406. The van der Waals surface area contributed by atoms with Crippen molar-refractivity contribution in [2.75, 3.05) is 32.1 Å². The van der Waals surface area contributed by atoms with Crippen molar-refractivity contribution in [3.63, 3.8) is 0 Å². The number of ether oxygens (including phenoxy) is 1. The SMILES string of the molecule is COCCn1cc(Nc2nccc(-c3ccc(CNC(=O)N4CCC(C(C)C)C4)c(C(F)(F)F)c3)n2)cn1. The largest absolute Gasteiger partial charge is 0.416 e. The summed E-state index contributed by atoms with van der Waals surface area (Å²) in [5.41, 5.74) is 0.424. The summed E-state index contributed by atoms with van der Waals surface area (Å²) in [5, 5.41) is 9.88. The van der Waals surface area contributed by atoms with E-state index < -0.39 is 11.7 Å². The molecule has 38 heavy (non-hydrogen) atoms. The number of likely N-dealkylation sites (tertiary alicyclic amines) is 1. The van der Waals surface area contributed by atoms with Crippen LogP contribution >= 0.6 is 0 Å². The number of nitrogens with zero attached hydrogens (tertiary/aromatic N) is 5. The second-order valence-electron chi connectivity index (χ2n) is 9.64. The number of halogens is 3. The number of hydrogen-bond donors (Lipinski definition) is 2. The molecule has 0 aliphatic carbocycles. The van der Waals surface area contributed by atoms with Gasteiger partial charge in [0, 0.05) is 44.7 Å². The zero-order valence-corrected chi connectivity index (χ0v) is 21.6. The molecule has 12 heteroatoms. The van der Waals surface area contributed by atoms with Gasteiger partial charge in [-0.05, 0) is 36.0 Å². The van der Waals surface area contributed by atoms with Gasteiger partial charge >= 0.3 is 12.2 Å². The van der Waals surface area contributed by atoms with Gasteiger partial charge in [-0.2, -0.15) is 18.3 Å². The van der Waals surface area contributed by atoms with Crippen LogP contribution in [0.15, 0.2) is 42.9 Å². The van der Waals surface area contributed by atoms with Gasteiger partial charge in [-0.15, -0.1) is 0 Å². The van der Waals surface area contributed by atoms with Gasteiger partial charge < -0.3 is 20.3 Å². The lowest BCUT2D eigenvalue weighted by Gasteiger charge is -2.20. The number of hydrogen-bond acceptors (Lipinski definition) is 6. The van der Waals surface area contributed by atoms with Gasteiger partial charge in [0.1, 0.15) is 0 Å². The van der Waals surface area contributed by atoms with E-state index in [0.29, 0.717) is 49.5 Å². The Bertz CT molecular complexity index is 1250. The second kappa shape index (κ2) is 11.8. The third-order valence-electron chi connectivity index (χ3n) is 6.67. The van der Waals surface area contributed by atoms with Crippen molar-refractivity contribution in [1.29, 1.82) is 0 Å². The number of benzene rings is 1. The number of aromatic nitrogens is 4. The molecular weight excluding hydrogens is 499 g/mol. The van der Waals surface area contributed by atoms with Crippen LogP contribution in [0.25, 0.3) is 11.3 Å². The fraction of sp³-hybridized carbons (Fsp3) is 0.462. The number of alkyl halides is 3. The van der Waals surface area contributed by atoms with Crippen molar-refractivity contribution in [3.8, 4) is 11.3 Å². The van der Waals surface area contributed by atoms with E-state index in [2.05, 4.69) is 39.5 Å². The highest BCUT2D eigenvalue weighted by Gasteiger charge is 2.34. The number of anilines is 2. The molecule has 1 atom stereocenters. The third-order valence-corrected chi connectivity index (χ3v) is 6.67. The molecule has 9 nitrogen and oxygen atoms in total. The molecule has 4 rings (SSSR count). The smallest absolute Gasteiger partial charge is 0.383 e. The summed E-state index contributed by atoms with van der Waals surface area (Å²) in [6.45, 7) is 6.30. The van der Waals surface area contributed by atoms with Crippen molar-refractivity contribution in [2.24, 2.45) is 11.8 Å². The molecule has 2 N–H and O–H groups in total. The van der Waals surface area contributed by atoms with Crippen molar-refractivity contribution >= 4 is 17.7 Å². The van der Waals surface area contributed by atoms with E-state index in [1.54, 1.807) is 41.2 Å². The molecule has 1 unspecified atom stereocenters. The van der Waals surface area contributed by atoms with Gasteiger partial charge in [0.2, 0.25) is 5.95 Å². The fourth-order valence-corrected chi connectivity index (χ4v) is 4.40. The molecule has 0 bridgehead atoms. The van der Waals surface area contributed by atoms with Crippen molar-refractivity contribution in [3.05, 3.63) is 54.0 Å². The first kappa shape index (κ1) is 27.4. The number of nitrogens with one attached hydrogen (secondary N) is 2. The number of urea groups is 1.